The van der Waals surface area contributed by atoms with Crippen LogP contribution in [0.2, 0.25) is 0 Å². The van der Waals surface area contributed by atoms with Crippen molar-refractivity contribution in [2.75, 3.05) is 27.2 Å². The molecule has 2 heterocycles. The predicted molar refractivity (Wildman–Crippen MR) is 135 cm³/mol. The summed E-state index contributed by atoms with van der Waals surface area (Å²) in [5.74, 6) is 0. The van der Waals surface area contributed by atoms with Crippen molar-refractivity contribution in [1.29, 1.82) is 0 Å². The number of nitrogens with zero attached hydrogens (tertiary/aromatic N) is 4. The Balaban J connectivity index is 0. The van der Waals surface area contributed by atoms with Gasteiger partial charge in [-0.05, 0) is 39.3 Å². The zero-order chi connectivity index (χ0) is 22.7. The molecule has 0 amide bonds. The van der Waals surface area contributed by atoms with Gasteiger partial charge >= 0.3 is 0 Å². The molecule has 1 atom stereocenters. The molecule has 29 heavy (non-hydrogen) atoms. The lowest BCUT2D eigenvalue weighted by molar-refractivity contribution is 0.411. The van der Waals surface area contributed by atoms with Gasteiger partial charge in [0.05, 0.1) is 12.1 Å². The highest BCUT2D eigenvalue weighted by molar-refractivity contribution is 8.12. The van der Waals surface area contributed by atoms with Gasteiger partial charge < -0.3 is 9.80 Å². The molecular weight excluding hydrogens is 376 g/mol. The number of thioether (sulfide) groups is 1. The smallest absolute Gasteiger partial charge is 0.0545 e. The Bertz CT molecular complexity index is 574. The van der Waals surface area contributed by atoms with Crippen molar-refractivity contribution in [1.82, 2.24) is 14.8 Å². The van der Waals surface area contributed by atoms with E-state index in [-0.39, 0.29) is 0 Å². The summed E-state index contributed by atoms with van der Waals surface area (Å²) in [7, 11) is 4.22. The maximum atomic E-state index is 4.19. The topological polar surface area (TPSA) is 31.7 Å². The van der Waals surface area contributed by atoms with Gasteiger partial charge in [0.2, 0.25) is 0 Å². The van der Waals surface area contributed by atoms with Crippen LogP contribution in [-0.2, 0) is 6.54 Å². The molecule has 1 aromatic heterocycles. The van der Waals surface area contributed by atoms with Crippen molar-refractivity contribution in [3.05, 3.63) is 53.6 Å². The second-order valence-electron chi connectivity index (χ2n) is 6.19. The van der Waals surface area contributed by atoms with Gasteiger partial charge in [0.1, 0.15) is 0 Å². The van der Waals surface area contributed by atoms with E-state index in [1.54, 1.807) is 6.20 Å². The third-order valence-corrected chi connectivity index (χ3v) is 5.25. The monoisotopic (exact) mass is 420 g/mol. The van der Waals surface area contributed by atoms with E-state index in [0.717, 1.165) is 19.6 Å². The molecule has 0 saturated carbocycles. The van der Waals surface area contributed by atoms with Crippen LogP contribution in [0.4, 0.5) is 0 Å². The highest BCUT2D eigenvalue weighted by atomic mass is 32.2. The summed E-state index contributed by atoms with van der Waals surface area (Å²) in [6, 6.07) is 4.06. The fourth-order valence-corrected chi connectivity index (χ4v) is 3.04. The second-order valence-corrected chi connectivity index (χ2v) is 7.34. The summed E-state index contributed by atoms with van der Waals surface area (Å²) in [5, 5.41) is 0.657. The first-order valence-electron chi connectivity index (χ1n) is 10.7. The van der Waals surface area contributed by atoms with Crippen LogP contribution in [0.15, 0.2) is 53.1 Å². The van der Waals surface area contributed by atoms with E-state index >= 15 is 0 Å². The molecule has 0 fully saturated rings. The number of aromatic nitrogens is 1. The maximum absolute atomic E-state index is 4.19. The predicted octanol–water partition coefficient (Wildman–Crippen LogP) is 6.48. The van der Waals surface area contributed by atoms with Gasteiger partial charge in [-0.2, -0.15) is 0 Å². The average molecular weight is 421 g/mol. The molecule has 0 saturated heterocycles. The Labute approximate surface area is 185 Å². The fourth-order valence-electron chi connectivity index (χ4n) is 2.21. The lowest BCUT2D eigenvalue weighted by atomic mass is 10.2. The molecule has 1 aromatic rings. The minimum Gasteiger partial charge on any atom is -0.377 e. The second kappa shape index (κ2) is 19.6. The molecule has 0 spiro atoms. The summed E-state index contributed by atoms with van der Waals surface area (Å²) in [6.45, 7) is 19.4. The quantitative estimate of drug-likeness (QED) is 0.527. The van der Waals surface area contributed by atoms with Crippen molar-refractivity contribution in [3.8, 4) is 0 Å². The molecule has 0 aliphatic carbocycles. The lowest BCUT2D eigenvalue weighted by Gasteiger charge is -2.22. The molecule has 1 unspecified atom stereocenters. The van der Waals surface area contributed by atoms with Crippen LogP contribution in [0.25, 0.3) is 0 Å². The zero-order valence-electron chi connectivity index (χ0n) is 20.4. The van der Waals surface area contributed by atoms with Crippen molar-refractivity contribution in [2.45, 2.75) is 67.2 Å². The van der Waals surface area contributed by atoms with Gasteiger partial charge in [-0.25, -0.2) is 0 Å². The first-order chi connectivity index (χ1) is 14.0. The third kappa shape index (κ3) is 14.0. The van der Waals surface area contributed by atoms with Crippen LogP contribution in [-0.4, -0.2) is 52.8 Å². The first kappa shape index (κ1) is 29.5. The molecule has 0 bridgehead atoms. The Morgan fingerprint density at radius 1 is 1.07 bits per heavy atom. The Morgan fingerprint density at radius 3 is 2.10 bits per heavy atom. The van der Waals surface area contributed by atoms with Gasteiger partial charge in [-0.15, -0.1) is 11.8 Å². The summed E-state index contributed by atoms with van der Waals surface area (Å²) in [5.41, 5.74) is 5.82. The van der Waals surface area contributed by atoms with Crippen LogP contribution >= 0.6 is 11.8 Å². The van der Waals surface area contributed by atoms with Crippen LogP contribution < -0.4 is 0 Å². The number of hydrogen-bond acceptors (Lipinski definition) is 5. The number of rotatable bonds is 6. The van der Waals surface area contributed by atoms with E-state index < -0.39 is 0 Å². The molecule has 5 heteroatoms. The van der Waals surface area contributed by atoms with Gasteiger partial charge in [-0.3, -0.25) is 9.98 Å². The van der Waals surface area contributed by atoms with Crippen LogP contribution in [0, 0.1) is 0 Å². The molecule has 1 aliphatic heterocycles. The fraction of sp³-hybridized carbons (Fsp3) is 0.583. The first-order valence-corrected chi connectivity index (χ1v) is 11.6. The minimum atomic E-state index is 0.657. The van der Waals surface area contributed by atoms with Gasteiger partial charge in [0.15, 0.2) is 0 Å². The molecule has 1 aliphatic rings. The third-order valence-electron chi connectivity index (χ3n) is 4.30. The Hall–Kier alpha value is -1.75. The highest BCUT2D eigenvalue weighted by Gasteiger charge is 2.14. The summed E-state index contributed by atoms with van der Waals surface area (Å²) in [6.07, 6.45) is 7.95. The molecule has 0 aromatic carbocycles. The summed E-state index contributed by atoms with van der Waals surface area (Å²) in [4.78, 5) is 12.8. The van der Waals surface area contributed by atoms with E-state index in [0.29, 0.717) is 5.25 Å². The van der Waals surface area contributed by atoms with E-state index in [9.17, 15) is 0 Å². The zero-order valence-corrected chi connectivity index (χ0v) is 21.3. The van der Waals surface area contributed by atoms with Crippen LogP contribution in [0.1, 0.15) is 61.0 Å². The summed E-state index contributed by atoms with van der Waals surface area (Å²) >= 11 is 1.84. The number of allylic oxidation sites excluding steroid dienone is 4. The van der Waals surface area contributed by atoms with Gasteiger partial charge in [0.25, 0.3) is 0 Å². The Kier molecular flexibility index (Phi) is 19.9. The van der Waals surface area contributed by atoms with Crippen LogP contribution in [0.5, 0.6) is 0 Å². The van der Waals surface area contributed by atoms with Crippen molar-refractivity contribution < 1.29 is 0 Å². The van der Waals surface area contributed by atoms with E-state index in [4.69, 9.17) is 0 Å². The van der Waals surface area contributed by atoms with Crippen molar-refractivity contribution in [2.24, 2.45) is 4.99 Å². The lowest BCUT2D eigenvalue weighted by Crippen LogP contribution is -2.26. The molecule has 0 radical (unpaired) electrons. The van der Waals surface area contributed by atoms with Gasteiger partial charge in [-0.1, -0.05) is 45.9 Å². The van der Waals surface area contributed by atoms with Gasteiger partial charge in [0, 0.05) is 56.2 Å². The number of aliphatic imine (C=N–C) groups is 1. The van der Waals surface area contributed by atoms with E-state index in [2.05, 4.69) is 79.8 Å². The Morgan fingerprint density at radius 2 is 1.66 bits per heavy atom. The standard InChI is InChI=1S/C11H16N2.C9H16N2S.2C2H6/c1-4-10(2)13(3)9-11-6-5-7-12-8-11;1-4-8(2)11(3)6-9-5-10-7-12-9;2*1-2/h4-8H,9H2,1-3H3;4,7,9H,5-6H2,1-3H3;2*1-2H3/b10-4+;8-4+;;. The van der Waals surface area contributed by atoms with E-state index in [1.165, 1.54) is 17.0 Å². The normalized spacial score (nSPS) is 15.2. The molecule has 2 rings (SSSR count). The molecule has 166 valence electrons. The van der Waals surface area contributed by atoms with Crippen molar-refractivity contribution >= 4 is 17.3 Å². The highest BCUT2D eigenvalue weighted by Crippen LogP contribution is 2.16. The largest absolute Gasteiger partial charge is 0.377 e. The van der Waals surface area contributed by atoms with Crippen molar-refractivity contribution in [3.63, 3.8) is 0 Å². The SMILES string of the molecule is C/C=C(\C)N(C)CC1CN=CS1.C/C=C(\C)N(C)Cc1cccnc1.CC.CC. The average Bonchev–Trinajstić information content (AvgIpc) is 3.29. The number of pyridine rings is 1. The number of hydrogen-bond donors (Lipinski definition) is 0. The summed E-state index contributed by atoms with van der Waals surface area (Å²) < 4.78 is 0. The maximum Gasteiger partial charge on any atom is 0.0545 e. The van der Waals surface area contributed by atoms with Crippen LogP contribution in [0.3, 0.4) is 0 Å². The molecule has 0 N–H and O–H groups in total. The van der Waals surface area contributed by atoms with E-state index in [1.807, 2.05) is 57.3 Å². The minimum absolute atomic E-state index is 0.657. The molecular formula is C24H44N4S. The molecule has 4 nitrogen and oxygen atoms in total.